The standard InChI is InChI=1S/C8H10N2O4S/c1-5(11)6-2-3-7(10-9)8(4-6)15(12,13)14/h2-4,10H,9H2,1H3,(H,12,13,14). The van der Waals surface area contributed by atoms with Gasteiger partial charge in [-0.2, -0.15) is 8.42 Å². The van der Waals surface area contributed by atoms with Gasteiger partial charge in [-0.15, -0.1) is 0 Å². The smallest absolute Gasteiger partial charge is 0.296 e. The molecule has 15 heavy (non-hydrogen) atoms. The molecule has 0 aliphatic carbocycles. The zero-order chi connectivity index (χ0) is 11.6. The average molecular weight is 230 g/mol. The molecule has 0 saturated carbocycles. The van der Waals surface area contributed by atoms with Gasteiger partial charge in [0.2, 0.25) is 0 Å². The van der Waals surface area contributed by atoms with E-state index >= 15 is 0 Å². The quantitative estimate of drug-likeness (QED) is 0.300. The highest BCUT2D eigenvalue weighted by atomic mass is 32.2. The van der Waals surface area contributed by atoms with Crippen LogP contribution in [0.25, 0.3) is 0 Å². The fraction of sp³-hybridized carbons (Fsp3) is 0.125. The molecule has 1 aromatic carbocycles. The van der Waals surface area contributed by atoms with Crippen LogP contribution in [0.5, 0.6) is 0 Å². The highest BCUT2D eigenvalue weighted by molar-refractivity contribution is 7.86. The van der Waals surface area contributed by atoms with Crippen LogP contribution in [0.15, 0.2) is 23.1 Å². The third-order valence-corrected chi connectivity index (χ3v) is 2.72. The van der Waals surface area contributed by atoms with Gasteiger partial charge in [-0.25, -0.2) is 0 Å². The number of ketones is 1. The van der Waals surface area contributed by atoms with Gasteiger partial charge in [0.25, 0.3) is 10.1 Å². The van der Waals surface area contributed by atoms with E-state index in [2.05, 4.69) is 5.43 Å². The minimum Gasteiger partial charge on any atom is -0.323 e. The number of hydrazine groups is 1. The van der Waals surface area contributed by atoms with Crippen LogP contribution < -0.4 is 11.3 Å². The van der Waals surface area contributed by atoms with E-state index < -0.39 is 15.0 Å². The Morgan fingerprint density at radius 3 is 2.47 bits per heavy atom. The first kappa shape index (κ1) is 11.6. The fourth-order valence-electron chi connectivity index (χ4n) is 1.07. The van der Waals surface area contributed by atoms with E-state index in [1.54, 1.807) is 0 Å². The monoisotopic (exact) mass is 230 g/mol. The average Bonchev–Trinajstić information content (AvgIpc) is 2.15. The largest absolute Gasteiger partial charge is 0.323 e. The number of hydrogen-bond donors (Lipinski definition) is 3. The molecular weight excluding hydrogens is 220 g/mol. The van der Waals surface area contributed by atoms with Crippen LogP contribution in [0.3, 0.4) is 0 Å². The highest BCUT2D eigenvalue weighted by Crippen LogP contribution is 2.21. The van der Waals surface area contributed by atoms with Crippen LogP contribution in [-0.4, -0.2) is 18.8 Å². The van der Waals surface area contributed by atoms with Gasteiger partial charge in [-0.1, -0.05) is 0 Å². The lowest BCUT2D eigenvalue weighted by molar-refractivity contribution is 0.101. The topological polar surface area (TPSA) is 109 Å². The van der Waals surface area contributed by atoms with Crippen LogP contribution in [0.4, 0.5) is 5.69 Å². The van der Waals surface area contributed by atoms with Crippen molar-refractivity contribution in [3.05, 3.63) is 23.8 Å². The molecule has 0 bridgehead atoms. The molecule has 0 saturated heterocycles. The maximum Gasteiger partial charge on any atom is 0.296 e. The van der Waals surface area contributed by atoms with Crippen molar-refractivity contribution in [2.45, 2.75) is 11.8 Å². The maximum atomic E-state index is 11.0. The first-order valence-corrected chi connectivity index (χ1v) is 5.39. The molecule has 0 unspecified atom stereocenters. The van der Waals surface area contributed by atoms with Crippen molar-refractivity contribution in [1.29, 1.82) is 0 Å². The second-order valence-corrected chi connectivity index (χ2v) is 4.28. The van der Waals surface area contributed by atoms with Gasteiger partial charge in [-0.3, -0.25) is 15.2 Å². The van der Waals surface area contributed by atoms with E-state index in [1.807, 2.05) is 0 Å². The van der Waals surface area contributed by atoms with Gasteiger partial charge >= 0.3 is 0 Å². The molecule has 1 aromatic rings. The van der Waals surface area contributed by atoms with Crippen molar-refractivity contribution in [2.75, 3.05) is 5.43 Å². The minimum atomic E-state index is -4.40. The number of Topliss-reactive ketones (excluding diaryl/α,β-unsaturated/α-hetero) is 1. The van der Waals surface area contributed by atoms with Gasteiger partial charge in [0.05, 0.1) is 5.69 Å². The number of benzene rings is 1. The summed E-state index contributed by atoms with van der Waals surface area (Å²) in [5.74, 6) is 4.76. The van der Waals surface area contributed by atoms with Crippen molar-refractivity contribution in [3.8, 4) is 0 Å². The Bertz CT molecular complexity index is 495. The lowest BCUT2D eigenvalue weighted by Crippen LogP contribution is -2.12. The first-order valence-electron chi connectivity index (χ1n) is 3.95. The molecule has 0 radical (unpaired) electrons. The van der Waals surface area contributed by atoms with Crippen LogP contribution >= 0.6 is 0 Å². The molecule has 0 fully saturated rings. The number of nitrogens with two attached hydrogens (primary N) is 1. The van der Waals surface area contributed by atoms with Crippen LogP contribution in [-0.2, 0) is 10.1 Å². The number of rotatable bonds is 3. The van der Waals surface area contributed by atoms with Gasteiger partial charge in [0, 0.05) is 5.56 Å². The summed E-state index contributed by atoms with van der Waals surface area (Å²) < 4.78 is 30.7. The third kappa shape index (κ3) is 2.52. The predicted molar refractivity (Wildman–Crippen MR) is 54.1 cm³/mol. The van der Waals surface area contributed by atoms with E-state index in [1.165, 1.54) is 19.1 Å². The summed E-state index contributed by atoms with van der Waals surface area (Å²) in [7, 11) is -4.40. The Morgan fingerprint density at radius 2 is 2.07 bits per heavy atom. The van der Waals surface area contributed by atoms with Crippen LogP contribution in [0.1, 0.15) is 17.3 Å². The molecule has 0 aliphatic heterocycles. The van der Waals surface area contributed by atoms with Crippen molar-refractivity contribution >= 4 is 21.6 Å². The SMILES string of the molecule is CC(=O)c1ccc(NN)c(S(=O)(=O)O)c1. The Hall–Kier alpha value is -1.44. The van der Waals surface area contributed by atoms with E-state index in [0.29, 0.717) is 0 Å². The molecule has 6 nitrogen and oxygen atoms in total. The summed E-state index contributed by atoms with van der Waals surface area (Å²) in [6, 6.07) is 3.78. The first-order chi connectivity index (χ1) is 6.86. The molecule has 0 heterocycles. The zero-order valence-electron chi connectivity index (χ0n) is 7.89. The van der Waals surface area contributed by atoms with Crippen molar-refractivity contribution in [2.24, 2.45) is 5.84 Å². The molecule has 4 N–H and O–H groups in total. The van der Waals surface area contributed by atoms with E-state index in [-0.39, 0.29) is 17.0 Å². The normalized spacial score (nSPS) is 11.1. The summed E-state index contributed by atoms with van der Waals surface area (Å²) in [5, 5.41) is 0. The summed E-state index contributed by atoms with van der Waals surface area (Å²) in [6.07, 6.45) is 0. The lowest BCUT2D eigenvalue weighted by Gasteiger charge is -2.07. The van der Waals surface area contributed by atoms with Crippen molar-refractivity contribution in [1.82, 2.24) is 0 Å². The zero-order valence-corrected chi connectivity index (χ0v) is 8.71. The minimum absolute atomic E-state index is 0.0301. The number of nitrogens with one attached hydrogen (secondary N) is 1. The van der Waals surface area contributed by atoms with Gasteiger partial charge < -0.3 is 5.43 Å². The Balaban J connectivity index is 3.46. The van der Waals surface area contributed by atoms with Gasteiger partial charge in [0.15, 0.2) is 5.78 Å². The van der Waals surface area contributed by atoms with Crippen molar-refractivity contribution < 1.29 is 17.8 Å². The molecular formula is C8H10N2O4S. The summed E-state index contributed by atoms with van der Waals surface area (Å²) in [6.45, 7) is 1.29. The third-order valence-electron chi connectivity index (χ3n) is 1.82. The molecule has 82 valence electrons. The second kappa shape index (κ2) is 3.97. The molecule has 0 aliphatic rings. The fourth-order valence-corrected chi connectivity index (χ4v) is 1.75. The van der Waals surface area contributed by atoms with Crippen LogP contribution in [0, 0.1) is 0 Å². The van der Waals surface area contributed by atoms with Crippen LogP contribution in [0.2, 0.25) is 0 Å². The summed E-state index contributed by atoms with van der Waals surface area (Å²) >= 11 is 0. The van der Waals surface area contributed by atoms with E-state index in [4.69, 9.17) is 10.4 Å². The number of hydrogen-bond acceptors (Lipinski definition) is 5. The molecule has 0 atom stereocenters. The highest BCUT2D eigenvalue weighted by Gasteiger charge is 2.16. The Kier molecular flexibility index (Phi) is 3.08. The Morgan fingerprint density at radius 1 is 1.47 bits per heavy atom. The molecule has 0 spiro atoms. The maximum absolute atomic E-state index is 11.0. The number of carbonyl (C=O) groups excluding carboxylic acids is 1. The lowest BCUT2D eigenvalue weighted by atomic mass is 10.1. The summed E-state index contributed by atoms with van der Waals surface area (Å²) in [5.41, 5.74) is 2.33. The van der Waals surface area contributed by atoms with Crippen molar-refractivity contribution in [3.63, 3.8) is 0 Å². The molecule has 1 rings (SSSR count). The van der Waals surface area contributed by atoms with E-state index in [9.17, 15) is 13.2 Å². The van der Waals surface area contributed by atoms with Gasteiger partial charge in [-0.05, 0) is 25.1 Å². The number of nitrogen functional groups attached to an aromatic ring is 1. The Labute approximate surface area is 86.8 Å². The predicted octanol–water partition coefficient (Wildman–Crippen LogP) is 0.422. The molecule has 7 heteroatoms. The number of anilines is 1. The second-order valence-electron chi connectivity index (χ2n) is 2.89. The molecule has 0 aromatic heterocycles. The van der Waals surface area contributed by atoms with Gasteiger partial charge in [0.1, 0.15) is 4.90 Å². The number of carbonyl (C=O) groups is 1. The summed E-state index contributed by atoms with van der Waals surface area (Å²) in [4.78, 5) is 10.6. The molecule has 0 amide bonds. The van der Waals surface area contributed by atoms with E-state index in [0.717, 1.165) is 6.07 Å².